The van der Waals surface area contributed by atoms with Crippen molar-refractivity contribution in [3.63, 3.8) is 0 Å². The number of aliphatic carboxylic acids is 1. The van der Waals surface area contributed by atoms with Gasteiger partial charge in [-0.15, -0.1) is 0 Å². The summed E-state index contributed by atoms with van der Waals surface area (Å²) in [6.45, 7) is 2.63. The summed E-state index contributed by atoms with van der Waals surface area (Å²) < 4.78 is 0. The van der Waals surface area contributed by atoms with Crippen molar-refractivity contribution in [1.82, 2.24) is 10.6 Å². The first-order valence-corrected chi connectivity index (χ1v) is 6.40. The van der Waals surface area contributed by atoms with Crippen LogP contribution in [-0.2, 0) is 4.79 Å². The molecule has 3 N–H and O–H groups in total. The standard InChI is InChI=1S/C12H22N2O3/c1-2-3-4-10(11(15)16)14-12(17)13-8-7-9-5-6-9/h9-10H,2-8H2,1H3,(H,15,16)(H2,13,14,17)/t10-/m0/s1. The van der Waals surface area contributed by atoms with E-state index in [1.807, 2.05) is 6.92 Å². The van der Waals surface area contributed by atoms with Crippen LogP contribution in [0.4, 0.5) is 4.79 Å². The molecule has 98 valence electrons. The Morgan fingerprint density at radius 1 is 1.41 bits per heavy atom. The molecule has 0 spiro atoms. The summed E-state index contributed by atoms with van der Waals surface area (Å²) in [7, 11) is 0. The van der Waals surface area contributed by atoms with E-state index >= 15 is 0 Å². The molecule has 1 atom stereocenters. The maximum atomic E-state index is 11.4. The molecule has 5 nitrogen and oxygen atoms in total. The van der Waals surface area contributed by atoms with Gasteiger partial charge in [0, 0.05) is 6.54 Å². The van der Waals surface area contributed by atoms with E-state index in [1.54, 1.807) is 0 Å². The number of urea groups is 1. The molecule has 17 heavy (non-hydrogen) atoms. The van der Waals surface area contributed by atoms with Crippen LogP contribution in [0.15, 0.2) is 0 Å². The first-order chi connectivity index (χ1) is 8.13. The fourth-order valence-corrected chi connectivity index (χ4v) is 1.67. The highest BCUT2D eigenvalue weighted by Gasteiger charge is 2.22. The molecule has 0 aromatic heterocycles. The Bertz CT molecular complexity index is 264. The lowest BCUT2D eigenvalue weighted by Crippen LogP contribution is -2.46. The Morgan fingerprint density at radius 2 is 2.12 bits per heavy atom. The van der Waals surface area contributed by atoms with Crippen molar-refractivity contribution in [3.05, 3.63) is 0 Å². The smallest absolute Gasteiger partial charge is 0.326 e. The zero-order chi connectivity index (χ0) is 12.7. The monoisotopic (exact) mass is 242 g/mol. The summed E-state index contributed by atoms with van der Waals surface area (Å²) in [5.74, 6) is -0.193. The molecule has 0 saturated heterocycles. The molecule has 1 aliphatic carbocycles. The van der Waals surface area contributed by atoms with Crippen LogP contribution >= 0.6 is 0 Å². The van der Waals surface area contributed by atoms with Crippen LogP contribution in [0, 0.1) is 5.92 Å². The lowest BCUT2D eigenvalue weighted by Gasteiger charge is -2.14. The molecule has 1 fully saturated rings. The summed E-state index contributed by atoms with van der Waals surface area (Å²) in [5.41, 5.74) is 0. The molecule has 0 aliphatic heterocycles. The molecule has 1 aliphatic rings. The maximum absolute atomic E-state index is 11.4. The van der Waals surface area contributed by atoms with Crippen LogP contribution in [0.2, 0.25) is 0 Å². The fraction of sp³-hybridized carbons (Fsp3) is 0.833. The van der Waals surface area contributed by atoms with E-state index in [2.05, 4.69) is 10.6 Å². The van der Waals surface area contributed by atoms with E-state index in [0.717, 1.165) is 25.2 Å². The van der Waals surface area contributed by atoms with Crippen molar-refractivity contribution in [2.45, 2.75) is 51.5 Å². The predicted octanol–water partition coefficient (Wildman–Crippen LogP) is 1.73. The van der Waals surface area contributed by atoms with Gasteiger partial charge in [-0.05, 0) is 18.8 Å². The normalized spacial score (nSPS) is 16.3. The van der Waals surface area contributed by atoms with E-state index < -0.39 is 12.0 Å². The summed E-state index contributed by atoms with van der Waals surface area (Å²) in [4.78, 5) is 22.3. The maximum Gasteiger partial charge on any atom is 0.326 e. The number of carboxylic acid groups (broad SMARTS) is 1. The van der Waals surface area contributed by atoms with E-state index in [9.17, 15) is 9.59 Å². The zero-order valence-corrected chi connectivity index (χ0v) is 10.4. The Kier molecular flexibility index (Phi) is 5.80. The highest BCUT2D eigenvalue weighted by molar-refractivity contribution is 5.82. The molecule has 0 unspecified atom stereocenters. The highest BCUT2D eigenvalue weighted by Crippen LogP contribution is 2.31. The Morgan fingerprint density at radius 3 is 2.65 bits per heavy atom. The molecular weight excluding hydrogens is 220 g/mol. The van der Waals surface area contributed by atoms with E-state index in [0.29, 0.717) is 13.0 Å². The molecule has 0 aromatic rings. The Balaban J connectivity index is 2.16. The second-order valence-electron chi connectivity index (χ2n) is 4.67. The highest BCUT2D eigenvalue weighted by atomic mass is 16.4. The number of rotatable bonds is 8. The third-order valence-electron chi connectivity index (χ3n) is 2.98. The summed E-state index contributed by atoms with van der Waals surface area (Å²) in [6, 6.07) is -1.13. The van der Waals surface area contributed by atoms with Crippen LogP contribution in [0.3, 0.4) is 0 Å². The molecule has 0 heterocycles. The summed E-state index contributed by atoms with van der Waals surface area (Å²) >= 11 is 0. The van der Waals surface area contributed by atoms with Gasteiger partial charge in [-0.1, -0.05) is 32.6 Å². The molecule has 0 radical (unpaired) electrons. The van der Waals surface area contributed by atoms with E-state index in [4.69, 9.17) is 5.11 Å². The van der Waals surface area contributed by atoms with Crippen LogP contribution in [-0.4, -0.2) is 29.7 Å². The summed E-state index contributed by atoms with van der Waals surface area (Å²) in [6.07, 6.45) is 5.74. The average molecular weight is 242 g/mol. The quantitative estimate of drug-likeness (QED) is 0.606. The number of carbonyl (C=O) groups excluding carboxylic acids is 1. The average Bonchev–Trinajstić information content (AvgIpc) is 3.07. The molecule has 0 bridgehead atoms. The number of carbonyl (C=O) groups is 2. The largest absolute Gasteiger partial charge is 0.480 e. The minimum Gasteiger partial charge on any atom is -0.480 e. The van der Waals surface area contributed by atoms with Gasteiger partial charge in [-0.3, -0.25) is 0 Å². The van der Waals surface area contributed by atoms with Crippen molar-refractivity contribution in [2.24, 2.45) is 5.92 Å². The summed E-state index contributed by atoms with van der Waals surface area (Å²) in [5, 5.41) is 14.1. The van der Waals surface area contributed by atoms with Gasteiger partial charge in [-0.25, -0.2) is 9.59 Å². The zero-order valence-electron chi connectivity index (χ0n) is 10.4. The van der Waals surface area contributed by atoms with E-state index in [-0.39, 0.29) is 6.03 Å². The van der Waals surface area contributed by atoms with E-state index in [1.165, 1.54) is 12.8 Å². The number of amides is 2. The predicted molar refractivity (Wildman–Crippen MR) is 64.8 cm³/mol. The number of carboxylic acids is 1. The Labute approximate surface area is 102 Å². The lowest BCUT2D eigenvalue weighted by molar-refractivity contribution is -0.139. The van der Waals surface area contributed by atoms with Crippen LogP contribution in [0.25, 0.3) is 0 Å². The van der Waals surface area contributed by atoms with Gasteiger partial charge >= 0.3 is 12.0 Å². The third kappa shape index (κ3) is 6.14. The second-order valence-corrected chi connectivity index (χ2v) is 4.67. The van der Waals surface area contributed by atoms with Crippen molar-refractivity contribution in [3.8, 4) is 0 Å². The van der Waals surface area contributed by atoms with Crippen molar-refractivity contribution in [1.29, 1.82) is 0 Å². The molecular formula is C12H22N2O3. The first-order valence-electron chi connectivity index (χ1n) is 6.40. The van der Waals surface area contributed by atoms with Gasteiger partial charge in [-0.2, -0.15) is 0 Å². The van der Waals surface area contributed by atoms with Crippen molar-refractivity contribution >= 4 is 12.0 Å². The van der Waals surface area contributed by atoms with Gasteiger partial charge < -0.3 is 15.7 Å². The van der Waals surface area contributed by atoms with Crippen LogP contribution in [0.5, 0.6) is 0 Å². The molecule has 1 rings (SSSR count). The molecule has 1 saturated carbocycles. The minimum absolute atomic E-state index is 0.367. The van der Waals surface area contributed by atoms with Gasteiger partial charge in [0.25, 0.3) is 0 Å². The molecule has 2 amide bonds. The third-order valence-corrected chi connectivity index (χ3v) is 2.98. The topological polar surface area (TPSA) is 78.4 Å². The van der Waals surface area contributed by atoms with Gasteiger partial charge in [0.15, 0.2) is 0 Å². The number of hydrogen-bond donors (Lipinski definition) is 3. The number of hydrogen-bond acceptors (Lipinski definition) is 2. The minimum atomic E-state index is -0.962. The number of nitrogens with one attached hydrogen (secondary N) is 2. The van der Waals surface area contributed by atoms with Crippen LogP contribution < -0.4 is 10.6 Å². The van der Waals surface area contributed by atoms with Gasteiger partial charge in [0.05, 0.1) is 0 Å². The Hall–Kier alpha value is -1.26. The van der Waals surface area contributed by atoms with Crippen LogP contribution in [0.1, 0.15) is 45.4 Å². The fourth-order valence-electron chi connectivity index (χ4n) is 1.67. The molecule has 0 aromatic carbocycles. The SMILES string of the molecule is CCCC[C@H](NC(=O)NCCC1CC1)C(=O)O. The van der Waals surface area contributed by atoms with Crippen molar-refractivity contribution < 1.29 is 14.7 Å². The second kappa shape index (κ2) is 7.14. The first kappa shape index (κ1) is 13.8. The lowest BCUT2D eigenvalue weighted by atomic mass is 10.1. The van der Waals surface area contributed by atoms with Gasteiger partial charge in [0.2, 0.25) is 0 Å². The van der Waals surface area contributed by atoms with Gasteiger partial charge in [0.1, 0.15) is 6.04 Å². The van der Waals surface area contributed by atoms with Crippen molar-refractivity contribution in [2.75, 3.05) is 6.54 Å². The number of unbranched alkanes of at least 4 members (excludes halogenated alkanes) is 1. The molecule has 5 heteroatoms.